The first-order valence-corrected chi connectivity index (χ1v) is 11.8. The molecule has 2 unspecified atom stereocenters. The molecule has 3 atom stereocenters. The quantitative estimate of drug-likeness (QED) is 0.431. The minimum Gasteiger partial charge on any atom is -0.475 e. The van der Waals surface area contributed by atoms with Crippen LogP contribution >= 0.6 is 0 Å². The summed E-state index contributed by atoms with van der Waals surface area (Å²) in [6.07, 6.45) is -1.23. The highest BCUT2D eigenvalue weighted by Crippen LogP contribution is 2.39. The van der Waals surface area contributed by atoms with Gasteiger partial charge in [0.15, 0.2) is 11.6 Å². The fourth-order valence-corrected chi connectivity index (χ4v) is 4.22. The summed E-state index contributed by atoms with van der Waals surface area (Å²) in [6.45, 7) is 3.32. The highest BCUT2D eigenvalue weighted by atomic mass is 19.4. The zero-order valence-corrected chi connectivity index (χ0v) is 20.1. The maximum Gasteiger partial charge on any atom is 0.490 e. The van der Waals surface area contributed by atoms with Crippen LogP contribution < -0.4 is 10.2 Å². The molecular weight excluding hydrogens is 518 g/mol. The van der Waals surface area contributed by atoms with Gasteiger partial charge in [-0.3, -0.25) is 0 Å². The molecule has 2 fully saturated rings. The zero-order valence-electron chi connectivity index (χ0n) is 20.1. The van der Waals surface area contributed by atoms with Crippen LogP contribution in [-0.4, -0.2) is 56.5 Å². The van der Waals surface area contributed by atoms with Crippen LogP contribution in [0.1, 0.15) is 37.9 Å². The second-order valence-electron chi connectivity index (χ2n) is 9.31. The smallest absolute Gasteiger partial charge is 0.475 e. The number of aliphatic carboxylic acids is 1. The molecule has 204 valence electrons. The summed E-state index contributed by atoms with van der Waals surface area (Å²) in [5.41, 5.74) is 1.24. The number of halogens is 6. The van der Waals surface area contributed by atoms with E-state index >= 15 is 4.39 Å². The Kier molecular flexibility index (Phi) is 7.88. The fourth-order valence-electron chi connectivity index (χ4n) is 4.22. The predicted octanol–water partition coefficient (Wildman–Crippen LogP) is 5.08. The molecule has 1 saturated carbocycles. The summed E-state index contributed by atoms with van der Waals surface area (Å²) in [4.78, 5) is 20.5. The molecule has 0 amide bonds. The van der Waals surface area contributed by atoms with Crippen molar-refractivity contribution in [3.63, 3.8) is 0 Å². The van der Waals surface area contributed by atoms with E-state index in [1.165, 1.54) is 6.07 Å². The summed E-state index contributed by atoms with van der Waals surface area (Å²) in [7, 11) is 0. The first-order valence-electron chi connectivity index (χ1n) is 11.8. The van der Waals surface area contributed by atoms with E-state index in [2.05, 4.69) is 27.3 Å². The van der Waals surface area contributed by atoms with Crippen molar-refractivity contribution >= 4 is 28.6 Å². The maximum atomic E-state index is 15.0. The van der Waals surface area contributed by atoms with Gasteiger partial charge in [-0.05, 0) is 37.2 Å². The highest BCUT2D eigenvalue weighted by Gasteiger charge is 2.38. The van der Waals surface area contributed by atoms with Crippen molar-refractivity contribution in [2.24, 2.45) is 11.8 Å². The number of carboxylic acid groups (broad SMARTS) is 1. The van der Waals surface area contributed by atoms with Crippen LogP contribution in [0.5, 0.6) is 0 Å². The molecule has 0 spiro atoms. The van der Waals surface area contributed by atoms with E-state index in [-0.39, 0.29) is 11.5 Å². The Morgan fingerprint density at radius 1 is 1.11 bits per heavy atom. The fraction of sp³-hybridized carbons (Fsp3) is 0.458. The van der Waals surface area contributed by atoms with Gasteiger partial charge in [0, 0.05) is 30.8 Å². The van der Waals surface area contributed by atoms with Gasteiger partial charge in [-0.2, -0.15) is 23.4 Å². The molecular formula is C24H24F6N6O2. The molecule has 0 radical (unpaired) electrons. The normalized spacial score (nSPS) is 20.4. The van der Waals surface area contributed by atoms with Gasteiger partial charge in [-0.15, -0.1) is 0 Å². The van der Waals surface area contributed by atoms with Gasteiger partial charge in [-0.1, -0.05) is 13.0 Å². The lowest BCUT2D eigenvalue weighted by Gasteiger charge is -2.35. The third-order valence-corrected chi connectivity index (χ3v) is 6.55. The van der Waals surface area contributed by atoms with E-state index in [0.717, 1.165) is 24.4 Å². The number of alkyl halides is 4. The van der Waals surface area contributed by atoms with Gasteiger partial charge in [0.2, 0.25) is 0 Å². The van der Waals surface area contributed by atoms with Crippen molar-refractivity contribution in [1.82, 2.24) is 20.2 Å². The lowest BCUT2D eigenvalue weighted by atomic mass is 9.88. The molecule has 5 rings (SSSR count). The molecule has 1 aliphatic carbocycles. The van der Waals surface area contributed by atoms with Crippen LogP contribution in [0.25, 0.3) is 11.0 Å². The van der Waals surface area contributed by atoms with Gasteiger partial charge in [0.1, 0.15) is 28.8 Å². The number of rotatable bonds is 5. The number of nitrogens with one attached hydrogen (secondary N) is 1. The minimum atomic E-state index is -5.08. The first kappa shape index (κ1) is 27.3. The molecule has 2 N–H and O–H groups in total. The van der Waals surface area contributed by atoms with Crippen LogP contribution in [0.15, 0.2) is 30.6 Å². The van der Waals surface area contributed by atoms with Crippen molar-refractivity contribution in [3.8, 4) is 0 Å². The maximum absolute atomic E-state index is 15.0. The van der Waals surface area contributed by atoms with Crippen LogP contribution in [0.4, 0.5) is 38.0 Å². The first-order chi connectivity index (χ1) is 17.9. The van der Waals surface area contributed by atoms with E-state index in [1.54, 1.807) is 12.4 Å². The van der Waals surface area contributed by atoms with Gasteiger partial charge in [-0.25, -0.2) is 27.9 Å². The number of nitrogens with zero attached hydrogens (tertiary/aromatic N) is 5. The summed E-state index contributed by atoms with van der Waals surface area (Å²) in [5.74, 6) is -2.61. The molecule has 1 saturated heterocycles. The van der Waals surface area contributed by atoms with Crippen LogP contribution in [-0.2, 0) is 4.79 Å². The lowest BCUT2D eigenvalue weighted by molar-refractivity contribution is -0.192. The number of anilines is 2. The molecule has 1 aliphatic heterocycles. The summed E-state index contributed by atoms with van der Waals surface area (Å²) in [5, 5.41) is 18.4. The second kappa shape index (κ2) is 11.0. The summed E-state index contributed by atoms with van der Waals surface area (Å²) >= 11 is 0. The average Bonchev–Trinajstić information content (AvgIpc) is 3.57. The van der Waals surface area contributed by atoms with Gasteiger partial charge in [0.05, 0.1) is 12.4 Å². The van der Waals surface area contributed by atoms with Crippen LogP contribution in [0, 0.1) is 23.5 Å². The minimum absolute atomic E-state index is 0.0750. The molecule has 38 heavy (non-hydrogen) atoms. The molecule has 2 aliphatic rings. The molecule has 2 aromatic heterocycles. The topological polar surface area (TPSA) is 104 Å². The molecule has 3 aromatic rings. The largest absolute Gasteiger partial charge is 0.490 e. The Labute approximate surface area is 213 Å². The number of carboxylic acids is 1. The van der Waals surface area contributed by atoms with E-state index in [0.29, 0.717) is 54.7 Å². The number of fused-ring (bicyclic) bond motifs is 1. The van der Waals surface area contributed by atoms with Gasteiger partial charge in [0.25, 0.3) is 0 Å². The average molecular weight is 542 g/mol. The molecule has 1 aromatic carbocycles. The third-order valence-electron chi connectivity index (χ3n) is 6.55. The number of benzene rings is 1. The Bertz CT molecular complexity index is 1300. The Balaban J connectivity index is 0.000000426. The Hall–Kier alpha value is -3.71. The zero-order chi connectivity index (χ0) is 27.6. The van der Waals surface area contributed by atoms with Gasteiger partial charge >= 0.3 is 12.1 Å². The van der Waals surface area contributed by atoms with Gasteiger partial charge < -0.3 is 15.3 Å². The Morgan fingerprint density at radius 2 is 1.68 bits per heavy atom. The van der Waals surface area contributed by atoms with E-state index in [1.807, 2.05) is 0 Å². The summed E-state index contributed by atoms with van der Waals surface area (Å²) < 4.78 is 73.9. The number of carbonyl (C=O) groups is 1. The second-order valence-corrected chi connectivity index (χ2v) is 9.31. The number of hydrogen-bond donors (Lipinski definition) is 2. The number of piperidine rings is 1. The van der Waals surface area contributed by atoms with E-state index < -0.39 is 30.0 Å². The number of aromatic nitrogens is 4. The summed E-state index contributed by atoms with van der Waals surface area (Å²) in [6, 6.07) is 3.41. The van der Waals surface area contributed by atoms with Crippen LogP contribution in [0.3, 0.4) is 0 Å². The lowest BCUT2D eigenvalue weighted by Crippen LogP contribution is -2.36. The number of hydrogen-bond acceptors (Lipinski definition) is 7. The van der Waals surface area contributed by atoms with Crippen molar-refractivity contribution in [1.29, 1.82) is 0 Å². The monoisotopic (exact) mass is 542 g/mol. The highest BCUT2D eigenvalue weighted by molar-refractivity contribution is 5.79. The van der Waals surface area contributed by atoms with E-state index in [4.69, 9.17) is 19.9 Å². The van der Waals surface area contributed by atoms with Crippen molar-refractivity contribution in [2.45, 2.75) is 44.6 Å². The molecule has 8 nitrogen and oxygen atoms in total. The third kappa shape index (κ3) is 6.40. The van der Waals surface area contributed by atoms with E-state index in [9.17, 15) is 22.0 Å². The van der Waals surface area contributed by atoms with Crippen molar-refractivity contribution in [3.05, 3.63) is 47.8 Å². The van der Waals surface area contributed by atoms with Crippen LogP contribution in [0.2, 0.25) is 0 Å². The van der Waals surface area contributed by atoms with Crippen molar-refractivity contribution in [2.75, 3.05) is 23.3 Å². The Morgan fingerprint density at radius 3 is 2.21 bits per heavy atom. The predicted molar refractivity (Wildman–Crippen MR) is 125 cm³/mol. The SMILES string of the molecule is CC1CC1Nc1nc2cnncc2nc1N1CCC([C@@H](F)c2ccc(F)cc2F)CC1.O=C(O)C(F)(F)F. The van der Waals surface area contributed by atoms with Crippen molar-refractivity contribution < 1.29 is 36.2 Å². The molecule has 3 heterocycles. The molecule has 14 heteroatoms. The molecule has 0 bridgehead atoms. The standard InChI is InChI=1S/C22H23F3N6.C2HF3O2/c1-12-8-17(12)28-21-22(30-19-11-27-26-10-18(19)29-21)31-6-4-13(5-7-31)20(25)15-3-2-14(23)9-16(15)24;3-2(4,5)1(6)7/h2-3,9-13,17,20H,4-8H2,1H3,(H,28,29);(H,6,7)/t12?,17?,20-;/m1./s1.